The first-order valence-electron chi connectivity index (χ1n) is 9.02. The van der Waals surface area contributed by atoms with Gasteiger partial charge in [-0.05, 0) is 25.0 Å². The SMILES string of the molecule is CN=C(NCCNC(=O)c1cccnc1)N1CCCC2(CNC(=O)C2)C1.I. The van der Waals surface area contributed by atoms with E-state index in [1.165, 1.54) is 0 Å². The number of nitrogens with zero attached hydrogens (tertiary/aromatic N) is 3. The summed E-state index contributed by atoms with van der Waals surface area (Å²) in [6, 6.07) is 3.47. The lowest BCUT2D eigenvalue weighted by molar-refractivity contribution is -0.119. The summed E-state index contributed by atoms with van der Waals surface area (Å²) in [4.78, 5) is 34.2. The van der Waals surface area contributed by atoms with Gasteiger partial charge in [0.1, 0.15) is 0 Å². The van der Waals surface area contributed by atoms with Gasteiger partial charge >= 0.3 is 0 Å². The van der Waals surface area contributed by atoms with E-state index in [1.54, 1.807) is 31.6 Å². The molecule has 3 rings (SSSR count). The lowest BCUT2D eigenvalue weighted by Crippen LogP contribution is -2.52. The molecule has 1 unspecified atom stereocenters. The van der Waals surface area contributed by atoms with E-state index >= 15 is 0 Å². The van der Waals surface area contributed by atoms with Crippen LogP contribution < -0.4 is 16.0 Å². The van der Waals surface area contributed by atoms with Gasteiger partial charge in [0.05, 0.1) is 5.56 Å². The molecule has 1 aromatic rings. The summed E-state index contributed by atoms with van der Waals surface area (Å²) in [5.41, 5.74) is 0.579. The van der Waals surface area contributed by atoms with Gasteiger partial charge < -0.3 is 20.9 Å². The molecule has 0 radical (unpaired) electrons. The highest BCUT2D eigenvalue weighted by Gasteiger charge is 2.42. The van der Waals surface area contributed by atoms with E-state index in [-0.39, 0.29) is 41.2 Å². The molecule has 0 aliphatic carbocycles. The minimum Gasteiger partial charge on any atom is -0.355 e. The topological polar surface area (TPSA) is 98.7 Å². The Morgan fingerprint density at radius 2 is 2.22 bits per heavy atom. The van der Waals surface area contributed by atoms with Crippen LogP contribution in [0.3, 0.4) is 0 Å². The van der Waals surface area contributed by atoms with Gasteiger partial charge in [-0.3, -0.25) is 19.6 Å². The first-order valence-corrected chi connectivity index (χ1v) is 9.02. The van der Waals surface area contributed by atoms with E-state index in [1.807, 2.05) is 0 Å². The number of carbonyl (C=O) groups excluding carboxylic acids is 2. The van der Waals surface area contributed by atoms with Crippen molar-refractivity contribution in [2.24, 2.45) is 10.4 Å². The van der Waals surface area contributed by atoms with Crippen molar-refractivity contribution in [3.8, 4) is 0 Å². The maximum atomic E-state index is 12.0. The van der Waals surface area contributed by atoms with Crippen LogP contribution in [0.1, 0.15) is 29.6 Å². The highest BCUT2D eigenvalue weighted by atomic mass is 127. The molecule has 2 aliphatic heterocycles. The number of pyridine rings is 1. The molecule has 3 N–H and O–H groups in total. The van der Waals surface area contributed by atoms with E-state index in [9.17, 15) is 9.59 Å². The van der Waals surface area contributed by atoms with Crippen LogP contribution in [0, 0.1) is 5.41 Å². The van der Waals surface area contributed by atoms with Gasteiger partial charge in [-0.2, -0.15) is 0 Å². The number of hydrogen-bond donors (Lipinski definition) is 3. The van der Waals surface area contributed by atoms with Crippen molar-refractivity contribution in [1.29, 1.82) is 0 Å². The fourth-order valence-electron chi connectivity index (χ4n) is 3.71. The second kappa shape index (κ2) is 9.86. The number of likely N-dealkylation sites (tertiary alicyclic amines) is 1. The zero-order valence-electron chi connectivity index (χ0n) is 15.5. The largest absolute Gasteiger partial charge is 0.355 e. The molecule has 2 amide bonds. The molecular formula is C18H27IN6O2. The van der Waals surface area contributed by atoms with Crippen LogP contribution in [0.25, 0.3) is 0 Å². The first-order chi connectivity index (χ1) is 12.6. The molecule has 27 heavy (non-hydrogen) atoms. The molecule has 0 aromatic carbocycles. The molecule has 2 saturated heterocycles. The third-order valence-electron chi connectivity index (χ3n) is 4.99. The van der Waals surface area contributed by atoms with Crippen molar-refractivity contribution >= 4 is 41.8 Å². The number of rotatable bonds is 4. The van der Waals surface area contributed by atoms with Crippen molar-refractivity contribution in [2.45, 2.75) is 19.3 Å². The molecule has 1 spiro atoms. The Labute approximate surface area is 176 Å². The van der Waals surface area contributed by atoms with E-state index < -0.39 is 0 Å². The number of amides is 2. The zero-order chi connectivity index (χ0) is 18.4. The summed E-state index contributed by atoms with van der Waals surface area (Å²) in [6.45, 7) is 3.58. The second-order valence-electron chi connectivity index (χ2n) is 6.95. The number of hydrogen-bond acceptors (Lipinski definition) is 4. The molecule has 2 fully saturated rings. The van der Waals surface area contributed by atoms with Crippen molar-refractivity contribution in [3.05, 3.63) is 30.1 Å². The Hall–Kier alpha value is -1.91. The Kier molecular flexibility index (Phi) is 7.81. The number of carbonyl (C=O) groups is 2. The average molecular weight is 486 g/mol. The van der Waals surface area contributed by atoms with Crippen molar-refractivity contribution in [1.82, 2.24) is 25.8 Å². The van der Waals surface area contributed by atoms with Gasteiger partial charge in [0.2, 0.25) is 5.91 Å². The summed E-state index contributed by atoms with van der Waals surface area (Å²) >= 11 is 0. The Bertz CT molecular complexity index is 684. The van der Waals surface area contributed by atoms with Crippen molar-refractivity contribution < 1.29 is 9.59 Å². The molecule has 2 aliphatic rings. The minimum absolute atomic E-state index is 0. The van der Waals surface area contributed by atoms with Gasteiger partial charge in [0.15, 0.2) is 5.96 Å². The number of aromatic nitrogens is 1. The third-order valence-corrected chi connectivity index (χ3v) is 4.99. The van der Waals surface area contributed by atoms with E-state index in [0.717, 1.165) is 38.4 Å². The average Bonchev–Trinajstić information content (AvgIpc) is 3.02. The van der Waals surface area contributed by atoms with Crippen molar-refractivity contribution in [3.63, 3.8) is 0 Å². The molecule has 1 aromatic heterocycles. The predicted molar refractivity (Wildman–Crippen MR) is 114 cm³/mol. The number of nitrogens with one attached hydrogen (secondary N) is 3. The first kappa shape index (κ1) is 21.4. The Balaban J connectivity index is 0.00000261. The van der Waals surface area contributed by atoms with E-state index in [2.05, 4.69) is 30.8 Å². The predicted octanol–water partition coefficient (Wildman–Crippen LogP) is 0.607. The normalized spacial score (nSPS) is 22.2. The monoisotopic (exact) mass is 486 g/mol. The van der Waals surface area contributed by atoms with E-state index in [0.29, 0.717) is 25.1 Å². The van der Waals surface area contributed by atoms with Crippen LogP contribution >= 0.6 is 24.0 Å². The Morgan fingerprint density at radius 1 is 1.41 bits per heavy atom. The second-order valence-corrected chi connectivity index (χ2v) is 6.95. The number of aliphatic imine (C=N–C) groups is 1. The van der Waals surface area contributed by atoms with Gasteiger partial charge in [-0.15, -0.1) is 24.0 Å². The molecule has 1 atom stereocenters. The molecule has 3 heterocycles. The smallest absolute Gasteiger partial charge is 0.252 e. The molecule has 0 bridgehead atoms. The lowest BCUT2D eigenvalue weighted by Gasteiger charge is -2.40. The third kappa shape index (κ3) is 5.53. The quantitative estimate of drug-likeness (QED) is 0.251. The van der Waals surface area contributed by atoms with Crippen LogP contribution in [-0.4, -0.2) is 67.4 Å². The number of halogens is 1. The van der Waals surface area contributed by atoms with Crippen molar-refractivity contribution in [2.75, 3.05) is 39.8 Å². The highest BCUT2D eigenvalue weighted by molar-refractivity contribution is 14.0. The number of piperidine rings is 1. The fraction of sp³-hybridized carbons (Fsp3) is 0.556. The summed E-state index contributed by atoms with van der Waals surface area (Å²) in [7, 11) is 1.76. The summed E-state index contributed by atoms with van der Waals surface area (Å²) in [6.07, 6.45) is 5.91. The van der Waals surface area contributed by atoms with Crippen LogP contribution in [0.15, 0.2) is 29.5 Å². The standard InChI is InChI=1S/C18H26N6O2.HI/c1-19-17(22-8-7-21-16(26)14-4-2-6-20-11-14)24-9-3-5-18(13-24)10-15(25)23-12-18;/h2,4,6,11H,3,5,7-10,12-13H2,1H3,(H,19,22)(H,21,26)(H,23,25);1H. The van der Waals surface area contributed by atoms with E-state index in [4.69, 9.17) is 0 Å². The summed E-state index contributed by atoms with van der Waals surface area (Å²) in [5.74, 6) is 0.828. The molecule has 148 valence electrons. The zero-order valence-corrected chi connectivity index (χ0v) is 17.9. The highest BCUT2D eigenvalue weighted by Crippen LogP contribution is 2.35. The Morgan fingerprint density at radius 3 is 2.89 bits per heavy atom. The molecule has 0 saturated carbocycles. The summed E-state index contributed by atoms with van der Waals surface area (Å²) < 4.78 is 0. The molecule has 8 nitrogen and oxygen atoms in total. The summed E-state index contributed by atoms with van der Waals surface area (Å²) in [5, 5.41) is 9.13. The fourth-order valence-corrected chi connectivity index (χ4v) is 3.71. The van der Waals surface area contributed by atoms with Crippen LogP contribution in [0.2, 0.25) is 0 Å². The van der Waals surface area contributed by atoms with Crippen LogP contribution in [-0.2, 0) is 4.79 Å². The van der Waals surface area contributed by atoms with Crippen LogP contribution in [0.4, 0.5) is 0 Å². The van der Waals surface area contributed by atoms with Gasteiger partial charge in [0, 0.05) is 64.0 Å². The van der Waals surface area contributed by atoms with Gasteiger partial charge in [0.25, 0.3) is 5.91 Å². The maximum absolute atomic E-state index is 12.0. The van der Waals surface area contributed by atoms with Gasteiger partial charge in [-0.25, -0.2) is 0 Å². The molecule has 9 heteroatoms. The van der Waals surface area contributed by atoms with Gasteiger partial charge in [-0.1, -0.05) is 0 Å². The number of guanidine groups is 1. The lowest BCUT2D eigenvalue weighted by atomic mass is 9.79. The molecular weight excluding hydrogens is 459 g/mol. The minimum atomic E-state index is -0.137. The maximum Gasteiger partial charge on any atom is 0.252 e. The van der Waals surface area contributed by atoms with Crippen LogP contribution in [0.5, 0.6) is 0 Å².